The Morgan fingerprint density at radius 1 is 0.929 bits per heavy atom. The fraction of sp³-hybridized carbons (Fsp3) is 1.00. The van der Waals surface area contributed by atoms with Crippen LogP contribution >= 0.6 is 0 Å². The van der Waals surface area contributed by atoms with Gasteiger partial charge in [-0.25, -0.2) is 0 Å². The number of hydrogen-bond acceptors (Lipinski definition) is 3. The van der Waals surface area contributed by atoms with Crippen molar-refractivity contribution >= 4 is 9.45 Å². The lowest BCUT2D eigenvalue weighted by Gasteiger charge is -2.21. The van der Waals surface area contributed by atoms with Crippen LogP contribution in [0.15, 0.2) is 0 Å². The molecule has 0 aliphatic carbocycles. The molecule has 0 N–H and O–H groups in total. The van der Waals surface area contributed by atoms with E-state index in [4.69, 9.17) is 8.85 Å². The van der Waals surface area contributed by atoms with Crippen LogP contribution in [-0.2, 0) is 8.85 Å². The van der Waals surface area contributed by atoms with Crippen molar-refractivity contribution in [1.29, 1.82) is 0 Å². The number of nitrogens with zero attached hydrogens (tertiary/aromatic N) is 1. The van der Waals surface area contributed by atoms with Gasteiger partial charge in [0.15, 0.2) is 0 Å². The van der Waals surface area contributed by atoms with Crippen molar-refractivity contribution in [3.05, 3.63) is 0 Å². The lowest BCUT2D eigenvalue weighted by Crippen LogP contribution is -2.39. The van der Waals surface area contributed by atoms with Crippen LogP contribution in [0.25, 0.3) is 0 Å². The first-order valence-electron chi connectivity index (χ1n) is 5.62. The summed E-state index contributed by atoms with van der Waals surface area (Å²) in [5.74, 6) is 0. The Morgan fingerprint density at radius 3 is 1.64 bits per heavy atom. The van der Waals surface area contributed by atoms with Gasteiger partial charge in [0, 0.05) is 13.2 Å². The van der Waals surface area contributed by atoms with Crippen molar-refractivity contribution in [3.63, 3.8) is 0 Å². The Hall–Kier alpha value is 0.0969. The van der Waals surface area contributed by atoms with Crippen LogP contribution in [0.2, 0.25) is 0 Å². The second kappa shape index (κ2) is 9.64. The molecule has 0 aromatic rings. The predicted octanol–water partition coefficient (Wildman–Crippen LogP) is 1.90. The van der Waals surface area contributed by atoms with E-state index in [1.165, 1.54) is 12.8 Å². The first-order chi connectivity index (χ1) is 6.72. The third-order valence-electron chi connectivity index (χ3n) is 1.94. The van der Waals surface area contributed by atoms with E-state index in [1.807, 2.05) is 14.1 Å². The third-order valence-corrected chi connectivity index (χ3v) is 3.82. The van der Waals surface area contributed by atoms with Crippen molar-refractivity contribution in [3.8, 4) is 0 Å². The summed E-state index contributed by atoms with van der Waals surface area (Å²) in [5, 5.41) is 0. The number of rotatable bonds is 9. The van der Waals surface area contributed by atoms with Gasteiger partial charge in [-0.2, -0.15) is 0 Å². The maximum atomic E-state index is 5.73. The predicted molar refractivity (Wildman–Crippen MR) is 62.6 cm³/mol. The second-order valence-electron chi connectivity index (χ2n) is 3.72. The van der Waals surface area contributed by atoms with Crippen LogP contribution < -0.4 is 0 Å². The van der Waals surface area contributed by atoms with E-state index in [9.17, 15) is 0 Å². The van der Waals surface area contributed by atoms with Crippen molar-refractivity contribution in [2.24, 2.45) is 0 Å². The molecular weight excluding hydrogens is 194 g/mol. The molecule has 0 amide bonds. The zero-order valence-electron chi connectivity index (χ0n) is 10.1. The highest BCUT2D eigenvalue weighted by Crippen LogP contribution is 1.98. The fourth-order valence-corrected chi connectivity index (χ4v) is 2.43. The molecule has 14 heavy (non-hydrogen) atoms. The van der Waals surface area contributed by atoms with Crippen LogP contribution in [0.4, 0.5) is 0 Å². The van der Waals surface area contributed by atoms with Gasteiger partial charge in [-0.1, -0.05) is 26.7 Å². The molecule has 0 radical (unpaired) electrons. The Bertz CT molecular complexity index is 113. The second-order valence-corrected chi connectivity index (χ2v) is 6.03. The third kappa shape index (κ3) is 7.50. The lowest BCUT2D eigenvalue weighted by molar-refractivity contribution is 0.155. The average Bonchev–Trinajstić information content (AvgIpc) is 2.15. The first-order valence-corrected chi connectivity index (χ1v) is 7.07. The summed E-state index contributed by atoms with van der Waals surface area (Å²) < 4.78 is 13.6. The SMILES string of the molecule is CCCCO[SiH](OCCCC)N(C)C. The molecular formula is C10H25NO2Si. The lowest BCUT2D eigenvalue weighted by atomic mass is 10.4. The highest BCUT2D eigenvalue weighted by atomic mass is 28.3. The van der Waals surface area contributed by atoms with Crippen LogP contribution in [0.5, 0.6) is 0 Å². The summed E-state index contributed by atoms with van der Waals surface area (Å²) >= 11 is 0. The minimum absolute atomic E-state index is 0.845. The van der Waals surface area contributed by atoms with Crippen molar-refractivity contribution < 1.29 is 8.85 Å². The molecule has 0 aromatic heterocycles. The molecule has 0 spiro atoms. The quantitative estimate of drug-likeness (QED) is 0.437. The van der Waals surface area contributed by atoms with Gasteiger partial charge < -0.3 is 8.85 Å². The molecule has 0 atom stereocenters. The van der Waals surface area contributed by atoms with Crippen LogP contribution in [0.1, 0.15) is 39.5 Å². The Morgan fingerprint density at radius 2 is 1.36 bits per heavy atom. The molecule has 0 bridgehead atoms. The molecule has 0 saturated carbocycles. The molecule has 0 unspecified atom stereocenters. The van der Waals surface area contributed by atoms with Gasteiger partial charge in [0.1, 0.15) is 0 Å². The fourth-order valence-electron chi connectivity index (χ4n) is 1.00. The molecule has 0 rings (SSSR count). The summed E-state index contributed by atoms with van der Waals surface area (Å²) in [4.78, 5) is 0. The summed E-state index contributed by atoms with van der Waals surface area (Å²) in [6, 6.07) is 0. The van der Waals surface area contributed by atoms with Gasteiger partial charge in [0.25, 0.3) is 0 Å². The van der Waals surface area contributed by atoms with Gasteiger partial charge in [-0.15, -0.1) is 0 Å². The van der Waals surface area contributed by atoms with Gasteiger partial charge in [-0.3, -0.25) is 4.57 Å². The largest absolute Gasteiger partial charge is 0.410 e. The van der Waals surface area contributed by atoms with Crippen molar-refractivity contribution in [2.75, 3.05) is 27.3 Å². The highest BCUT2D eigenvalue weighted by Gasteiger charge is 2.15. The molecule has 0 fully saturated rings. The standard InChI is InChI=1S/C10H25NO2Si/c1-5-7-9-12-14(11(3)4)13-10-8-6-2/h14H,5-10H2,1-4H3. The summed E-state index contributed by atoms with van der Waals surface area (Å²) in [6.45, 7) is 6.04. The summed E-state index contributed by atoms with van der Waals surface area (Å²) in [5.41, 5.74) is 0. The Kier molecular flexibility index (Phi) is 9.71. The van der Waals surface area contributed by atoms with Crippen molar-refractivity contribution in [1.82, 2.24) is 4.57 Å². The molecule has 0 aliphatic rings. The minimum atomic E-state index is -1.54. The average molecular weight is 219 g/mol. The minimum Gasteiger partial charge on any atom is -0.385 e. The Balaban J connectivity index is 3.55. The van der Waals surface area contributed by atoms with E-state index >= 15 is 0 Å². The van der Waals surface area contributed by atoms with E-state index in [2.05, 4.69) is 18.4 Å². The first kappa shape index (κ1) is 14.1. The van der Waals surface area contributed by atoms with Crippen LogP contribution in [-0.4, -0.2) is 41.3 Å². The summed E-state index contributed by atoms with van der Waals surface area (Å²) in [7, 11) is 2.54. The molecule has 0 aliphatic heterocycles. The van der Waals surface area contributed by atoms with E-state index in [1.54, 1.807) is 0 Å². The van der Waals surface area contributed by atoms with E-state index in [0.717, 1.165) is 26.1 Å². The normalized spacial score (nSPS) is 11.6. The van der Waals surface area contributed by atoms with Crippen molar-refractivity contribution in [2.45, 2.75) is 39.5 Å². The maximum Gasteiger partial charge on any atom is 0.410 e. The zero-order chi connectivity index (χ0) is 10.8. The number of unbranched alkanes of at least 4 members (excludes halogenated alkanes) is 2. The van der Waals surface area contributed by atoms with E-state index in [-0.39, 0.29) is 0 Å². The molecule has 86 valence electrons. The van der Waals surface area contributed by atoms with Crippen LogP contribution in [0, 0.1) is 0 Å². The maximum absolute atomic E-state index is 5.73. The smallest absolute Gasteiger partial charge is 0.385 e. The Labute approximate surface area is 90.3 Å². The molecule has 4 heteroatoms. The van der Waals surface area contributed by atoms with E-state index < -0.39 is 9.45 Å². The van der Waals surface area contributed by atoms with Gasteiger partial charge in [0.2, 0.25) is 0 Å². The number of hydrogen-bond donors (Lipinski definition) is 0. The van der Waals surface area contributed by atoms with Gasteiger partial charge >= 0.3 is 9.45 Å². The summed E-state index contributed by atoms with van der Waals surface area (Å²) in [6.07, 6.45) is 4.63. The zero-order valence-corrected chi connectivity index (χ0v) is 11.2. The molecule has 3 nitrogen and oxygen atoms in total. The molecule has 0 heterocycles. The molecule has 0 aromatic carbocycles. The van der Waals surface area contributed by atoms with Gasteiger partial charge in [-0.05, 0) is 26.9 Å². The van der Waals surface area contributed by atoms with E-state index in [0.29, 0.717) is 0 Å². The highest BCUT2D eigenvalue weighted by molar-refractivity contribution is 6.40. The molecule has 0 saturated heterocycles. The van der Waals surface area contributed by atoms with Gasteiger partial charge in [0.05, 0.1) is 0 Å². The monoisotopic (exact) mass is 219 g/mol. The van der Waals surface area contributed by atoms with Crippen LogP contribution in [0.3, 0.4) is 0 Å². The topological polar surface area (TPSA) is 21.7 Å².